The minimum atomic E-state index is -0.283. The van der Waals surface area contributed by atoms with Gasteiger partial charge in [0.15, 0.2) is 12.0 Å². The minimum Gasteiger partial charge on any atom is -0.507 e. The number of aliphatic hydroxyl groups is 1. The Balaban J connectivity index is 1.35. The van der Waals surface area contributed by atoms with Crippen LogP contribution >= 0.6 is 11.3 Å². The molecule has 1 aromatic carbocycles. The maximum absolute atomic E-state index is 10.8. The molecule has 2 atom stereocenters. The average Bonchev–Trinajstić information content (AvgIpc) is 3.46. The topological polar surface area (TPSA) is 83.7 Å². The fourth-order valence-electron chi connectivity index (χ4n) is 4.36. The second kappa shape index (κ2) is 7.93. The fraction of sp³-hybridized carbons (Fsp3) is 0.524. The van der Waals surface area contributed by atoms with Crippen molar-refractivity contribution >= 4 is 21.4 Å². The van der Waals surface area contributed by atoms with Gasteiger partial charge in [-0.15, -0.1) is 16.5 Å². The number of likely N-dealkylation sites (tertiary alicyclic amines) is 1. The Morgan fingerprint density at radius 2 is 2.10 bits per heavy atom. The molecule has 0 amide bonds. The number of piperidine rings is 1. The van der Waals surface area contributed by atoms with Crippen LogP contribution < -0.4 is 5.32 Å². The number of β-amino-alcohol motifs (C(OH)–C–C–N with tert-alkyl or cyclic N) is 1. The first-order valence-corrected chi connectivity index (χ1v) is 11.3. The Morgan fingerprint density at radius 1 is 1.21 bits per heavy atom. The summed E-state index contributed by atoms with van der Waals surface area (Å²) in [5, 5.41) is 35.6. The lowest BCUT2D eigenvalue weighted by Crippen LogP contribution is -2.46. The van der Waals surface area contributed by atoms with E-state index in [1.807, 2.05) is 17.5 Å². The molecule has 1 unspecified atom stereocenters. The van der Waals surface area contributed by atoms with Crippen LogP contribution in [0.3, 0.4) is 0 Å². The van der Waals surface area contributed by atoms with Crippen molar-refractivity contribution < 1.29 is 10.2 Å². The van der Waals surface area contributed by atoms with Gasteiger partial charge in [-0.25, -0.2) is 0 Å². The molecule has 0 spiro atoms. The third-order valence-electron chi connectivity index (χ3n) is 5.99. The molecule has 1 aliphatic carbocycles. The SMILES string of the molecule is OCCN1CCCC(NC2=CN(C3CC3)[C@@H](c3ccc4sccc4c3O)N=N2)C1. The maximum atomic E-state index is 10.8. The number of aromatic hydroxyl groups is 1. The number of azo groups is 1. The zero-order valence-electron chi connectivity index (χ0n) is 16.4. The van der Waals surface area contributed by atoms with Crippen molar-refractivity contribution in [2.75, 3.05) is 26.2 Å². The number of hydrogen-bond donors (Lipinski definition) is 3. The van der Waals surface area contributed by atoms with Crippen molar-refractivity contribution in [3.05, 3.63) is 41.2 Å². The van der Waals surface area contributed by atoms with E-state index in [4.69, 9.17) is 0 Å². The average molecular weight is 414 g/mol. The number of phenolic OH excluding ortho intramolecular Hbond substituents is 1. The summed E-state index contributed by atoms with van der Waals surface area (Å²) in [4.78, 5) is 4.54. The fourth-order valence-corrected chi connectivity index (χ4v) is 5.15. The molecule has 2 fully saturated rings. The van der Waals surface area contributed by atoms with Crippen LogP contribution in [0.4, 0.5) is 0 Å². The number of thiophene rings is 1. The van der Waals surface area contributed by atoms with Crippen LogP contribution in [0.5, 0.6) is 5.75 Å². The first kappa shape index (κ1) is 18.8. The zero-order valence-corrected chi connectivity index (χ0v) is 17.2. The zero-order chi connectivity index (χ0) is 19.8. The van der Waals surface area contributed by atoms with Crippen molar-refractivity contribution in [3.8, 4) is 5.75 Å². The highest BCUT2D eigenvalue weighted by Gasteiger charge is 2.36. The van der Waals surface area contributed by atoms with E-state index in [1.165, 1.54) is 0 Å². The predicted octanol–water partition coefficient (Wildman–Crippen LogP) is 3.38. The molecule has 7 nitrogen and oxygen atoms in total. The smallest absolute Gasteiger partial charge is 0.172 e. The number of nitrogens with zero attached hydrogens (tertiary/aromatic N) is 4. The van der Waals surface area contributed by atoms with Gasteiger partial charge in [-0.05, 0) is 55.8 Å². The molecule has 2 aromatic rings. The van der Waals surface area contributed by atoms with E-state index in [9.17, 15) is 10.2 Å². The van der Waals surface area contributed by atoms with E-state index < -0.39 is 0 Å². The molecule has 154 valence electrons. The number of benzene rings is 1. The van der Waals surface area contributed by atoms with Gasteiger partial charge in [0.1, 0.15) is 5.75 Å². The Hall–Kier alpha value is -2.16. The van der Waals surface area contributed by atoms with Crippen LogP contribution in [0.2, 0.25) is 0 Å². The van der Waals surface area contributed by atoms with Crippen LogP contribution in [0.1, 0.15) is 37.4 Å². The molecule has 1 saturated heterocycles. The second-order valence-corrected chi connectivity index (χ2v) is 9.07. The molecule has 3 aliphatic rings. The lowest BCUT2D eigenvalue weighted by atomic mass is 10.1. The van der Waals surface area contributed by atoms with Gasteiger partial charge in [0.25, 0.3) is 0 Å². The predicted molar refractivity (Wildman–Crippen MR) is 114 cm³/mol. The summed E-state index contributed by atoms with van der Waals surface area (Å²) in [6.07, 6.45) is 6.30. The molecular formula is C21H27N5O2S. The highest BCUT2D eigenvalue weighted by atomic mass is 32.1. The van der Waals surface area contributed by atoms with E-state index in [-0.39, 0.29) is 12.8 Å². The van der Waals surface area contributed by atoms with Crippen molar-refractivity contribution in [1.82, 2.24) is 15.1 Å². The molecule has 8 heteroatoms. The first-order chi connectivity index (χ1) is 14.2. The van der Waals surface area contributed by atoms with Crippen LogP contribution in [0.15, 0.2) is 45.8 Å². The quantitative estimate of drug-likeness (QED) is 0.676. The summed E-state index contributed by atoms with van der Waals surface area (Å²) >= 11 is 1.63. The van der Waals surface area contributed by atoms with E-state index in [1.54, 1.807) is 11.3 Å². The number of phenols is 1. The summed E-state index contributed by atoms with van der Waals surface area (Å²) in [6.45, 7) is 2.87. The van der Waals surface area contributed by atoms with Gasteiger partial charge in [0.2, 0.25) is 0 Å². The molecule has 0 bridgehead atoms. The summed E-state index contributed by atoms with van der Waals surface area (Å²) < 4.78 is 1.08. The van der Waals surface area contributed by atoms with Crippen molar-refractivity contribution in [2.24, 2.45) is 10.2 Å². The van der Waals surface area contributed by atoms with Crippen LogP contribution in [0, 0.1) is 0 Å². The number of nitrogens with one attached hydrogen (secondary N) is 1. The van der Waals surface area contributed by atoms with Gasteiger partial charge in [0.05, 0.1) is 6.61 Å². The van der Waals surface area contributed by atoms with Gasteiger partial charge in [-0.3, -0.25) is 4.90 Å². The standard InChI is InChI=1S/C21H27N5O2S/c27-10-9-25-8-1-2-14(12-25)22-19-13-26(15-3-4-15)21(24-23-19)17-5-6-18-16(20(17)28)7-11-29-18/h5-7,11,13-15,21-22,27-28H,1-4,8-10,12H2/t14?,21-/m0/s1. The molecule has 1 saturated carbocycles. The maximum Gasteiger partial charge on any atom is 0.172 e. The van der Waals surface area contributed by atoms with Crippen molar-refractivity contribution in [1.29, 1.82) is 0 Å². The Labute approximate surface area is 174 Å². The summed E-state index contributed by atoms with van der Waals surface area (Å²) in [6, 6.07) is 6.77. The Kier molecular flexibility index (Phi) is 5.15. The monoisotopic (exact) mass is 413 g/mol. The van der Waals surface area contributed by atoms with Gasteiger partial charge >= 0.3 is 0 Å². The van der Waals surface area contributed by atoms with Gasteiger partial charge < -0.3 is 20.4 Å². The Morgan fingerprint density at radius 3 is 2.93 bits per heavy atom. The van der Waals surface area contributed by atoms with Gasteiger partial charge in [0, 0.05) is 47.0 Å². The molecule has 5 rings (SSSR count). The molecule has 3 N–H and O–H groups in total. The van der Waals surface area contributed by atoms with Gasteiger partial charge in [-0.2, -0.15) is 5.11 Å². The second-order valence-electron chi connectivity index (χ2n) is 8.13. The highest BCUT2D eigenvalue weighted by molar-refractivity contribution is 7.17. The van der Waals surface area contributed by atoms with Crippen LogP contribution in [-0.4, -0.2) is 58.3 Å². The lowest BCUT2D eigenvalue weighted by Gasteiger charge is -2.35. The number of fused-ring (bicyclic) bond motifs is 1. The molecule has 0 radical (unpaired) electrons. The highest BCUT2D eigenvalue weighted by Crippen LogP contribution is 2.43. The van der Waals surface area contributed by atoms with E-state index >= 15 is 0 Å². The summed E-state index contributed by atoms with van der Waals surface area (Å²) in [5.41, 5.74) is 0.814. The van der Waals surface area contributed by atoms with Crippen LogP contribution in [-0.2, 0) is 0 Å². The molecule has 2 aliphatic heterocycles. The van der Waals surface area contributed by atoms with E-state index in [0.717, 1.165) is 66.8 Å². The van der Waals surface area contributed by atoms with E-state index in [2.05, 4.69) is 37.6 Å². The first-order valence-electron chi connectivity index (χ1n) is 10.4. The van der Waals surface area contributed by atoms with Gasteiger partial charge in [-0.1, -0.05) is 0 Å². The molecule has 3 heterocycles. The van der Waals surface area contributed by atoms with Crippen molar-refractivity contribution in [3.63, 3.8) is 0 Å². The van der Waals surface area contributed by atoms with E-state index in [0.29, 0.717) is 17.8 Å². The number of hydrogen-bond acceptors (Lipinski definition) is 8. The third-order valence-corrected chi connectivity index (χ3v) is 6.87. The molecular weight excluding hydrogens is 386 g/mol. The minimum absolute atomic E-state index is 0.199. The third kappa shape index (κ3) is 3.84. The molecule has 1 aromatic heterocycles. The summed E-state index contributed by atoms with van der Waals surface area (Å²) in [5.74, 6) is 1.11. The van der Waals surface area contributed by atoms with Crippen molar-refractivity contribution in [2.45, 2.75) is 43.9 Å². The lowest BCUT2D eigenvalue weighted by molar-refractivity contribution is 0.153. The normalized spacial score (nSPS) is 25.4. The number of rotatable bonds is 6. The van der Waals surface area contributed by atoms with Crippen LogP contribution in [0.25, 0.3) is 10.1 Å². The largest absolute Gasteiger partial charge is 0.507 e. The number of aliphatic hydroxyl groups excluding tert-OH is 1. The molecule has 29 heavy (non-hydrogen) atoms. The Bertz CT molecular complexity index is 936. The summed E-state index contributed by atoms with van der Waals surface area (Å²) in [7, 11) is 0.